The van der Waals surface area contributed by atoms with Crippen LogP contribution in [0.15, 0.2) is 42.7 Å². The summed E-state index contributed by atoms with van der Waals surface area (Å²) in [5, 5.41) is 14.3. The van der Waals surface area contributed by atoms with Gasteiger partial charge in [-0.1, -0.05) is 17.7 Å². The van der Waals surface area contributed by atoms with Crippen molar-refractivity contribution in [3.8, 4) is 0 Å². The summed E-state index contributed by atoms with van der Waals surface area (Å²) in [5.41, 5.74) is 2.30. The summed E-state index contributed by atoms with van der Waals surface area (Å²) in [6.45, 7) is 2.28. The normalized spacial score (nSPS) is 10.6. The molecular weight excluding hydrogens is 368 g/mol. The lowest BCUT2D eigenvalue weighted by Crippen LogP contribution is -2.16. The molecule has 2 N–H and O–H groups in total. The van der Waals surface area contributed by atoms with E-state index in [2.05, 4.69) is 20.8 Å². The van der Waals surface area contributed by atoms with Crippen LogP contribution in [0.5, 0.6) is 0 Å². The summed E-state index contributed by atoms with van der Waals surface area (Å²) in [7, 11) is 1.74. The molecule has 2 amide bonds. The Hall–Kier alpha value is -3.13. The van der Waals surface area contributed by atoms with Crippen LogP contribution in [0.1, 0.15) is 22.6 Å². The molecule has 8 nitrogen and oxygen atoms in total. The van der Waals surface area contributed by atoms with Crippen LogP contribution in [0.25, 0.3) is 0 Å². The fraction of sp³-hybridized carbons (Fsp3) is 0.222. The van der Waals surface area contributed by atoms with Crippen molar-refractivity contribution in [2.24, 2.45) is 7.05 Å². The minimum Gasteiger partial charge on any atom is -0.326 e. The van der Waals surface area contributed by atoms with E-state index >= 15 is 0 Å². The molecule has 140 valence electrons. The van der Waals surface area contributed by atoms with Crippen molar-refractivity contribution in [3.05, 3.63) is 59.1 Å². The van der Waals surface area contributed by atoms with Gasteiger partial charge in [-0.25, -0.2) is 0 Å². The number of amides is 2. The van der Waals surface area contributed by atoms with E-state index in [4.69, 9.17) is 11.6 Å². The topological polar surface area (TPSA) is 93.8 Å². The highest BCUT2D eigenvalue weighted by Crippen LogP contribution is 2.17. The summed E-state index contributed by atoms with van der Waals surface area (Å²) in [6.07, 6.45) is 3.51. The zero-order valence-electron chi connectivity index (χ0n) is 14.9. The molecule has 2 heterocycles. The van der Waals surface area contributed by atoms with Crippen molar-refractivity contribution in [3.63, 3.8) is 0 Å². The number of carbonyl (C=O) groups excluding carboxylic acids is 2. The number of halogens is 1. The van der Waals surface area contributed by atoms with Crippen molar-refractivity contribution >= 4 is 34.8 Å². The molecule has 0 unspecified atom stereocenters. The molecule has 0 radical (unpaired) electrons. The van der Waals surface area contributed by atoms with Gasteiger partial charge in [0.25, 0.3) is 5.91 Å². The number of anilines is 2. The van der Waals surface area contributed by atoms with Gasteiger partial charge in [-0.05, 0) is 31.2 Å². The standard InChI is InChI=1S/C18H19ClN6O2/c1-12-15(19)11-20-25(12)9-7-17(26)21-13-4-3-5-14(10-13)22-18(27)16-6-8-24(2)23-16/h3-6,8,10-11H,7,9H2,1-2H3,(H,21,26)(H,22,27). The van der Waals surface area contributed by atoms with Crippen LogP contribution in [-0.2, 0) is 18.4 Å². The molecule has 0 saturated heterocycles. The van der Waals surface area contributed by atoms with Crippen molar-refractivity contribution in [1.29, 1.82) is 0 Å². The van der Waals surface area contributed by atoms with Gasteiger partial charge in [0, 0.05) is 31.0 Å². The van der Waals surface area contributed by atoms with Crippen molar-refractivity contribution < 1.29 is 9.59 Å². The average molecular weight is 387 g/mol. The average Bonchev–Trinajstić information content (AvgIpc) is 3.20. The monoisotopic (exact) mass is 386 g/mol. The van der Waals surface area contributed by atoms with Crippen LogP contribution in [0.3, 0.4) is 0 Å². The lowest BCUT2D eigenvalue weighted by molar-refractivity contribution is -0.116. The predicted octanol–water partition coefficient (Wildman–Crippen LogP) is 2.86. The highest BCUT2D eigenvalue weighted by atomic mass is 35.5. The number of aryl methyl sites for hydroxylation is 2. The molecule has 3 rings (SSSR count). The van der Waals surface area contributed by atoms with E-state index in [9.17, 15) is 9.59 Å². The molecule has 0 saturated carbocycles. The maximum absolute atomic E-state index is 12.2. The van der Waals surface area contributed by atoms with Gasteiger partial charge in [-0.15, -0.1) is 0 Å². The Morgan fingerprint density at radius 2 is 1.93 bits per heavy atom. The first-order chi connectivity index (χ1) is 12.9. The van der Waals surface area contributed by atoms with Crippen molar-refractivity contribution in [2.75, 3.05) is 10.6 Å². The van der Waals surface area contributed by atoms with Gasteiger partial charge in [-0.3, -0.25) is 19.0 Å². The highest BCUT2D eigenvalue weighted by Gasteiger charge is 2.10. The Kier molecular flexibility index (Phi) is 5.56. The number of hydrogen-bond donors (Lipinski definition) is 2. The van der Waals surface area contributed by atoms with Gasteiger partial charge < -0.3 is 10.6 Å². The Morgan fingerprint density at radius 1 is 1.19 bits per heavy atom. The minimum absolute atomic E-state index is 0.158. The quantitative estimate of drug-likeness (QED) is 0.681. The van der Waals surface area contributed by atoms with Gasteiger partial charge in [0.15, 0.2) is 5.69 Å². The van der Waals surface area contributed by atoms with Gasteiger partial charge in [0.05, 0.1) is 23.5 Å². The first-order valence-corrected chi connectivity index (χ1v) is 8.69. The molecule has 1 aromatic carbocycles. The minimum atomic E-state index is -0.315. The molecule has 0 aliphatic carbocycles. The molecule has 0 bridgehead atoms. The fourth-order valence-electron chi connectivity index (χ4n) is 2.49. The highest BCUT2D eigenvalue weighted by molar-refractivity contribution is 6.31. The summed E-state index contributed by atoms with van der Waals surface area (Å²) < 4.78 is 3.24. The van der Waals surface area contributed by atoms with Crippen LogP contribution in [0, 0.1) is 6.92 Å². The smallest absolute Gasteiger partial charge is 0.276 e. The molecule has 0 atom stereocenters. The fourth-order valence-corrected chi connectivity index (χ4v) is 2.63. The molecule has 0 spiro atoms. The lowest BCUT2D eigenvalue weighted by Gasteiger charge is -2.09. The van der Waals surface area contributed by atoms with Crippen LogP contribution in [0.2, 0.25) is 5.02 Å². The van der Waals surface area contributed by atoms with E-state index in [1.54, 1.807) is 59.1 Å². The zero-order chi connectivity index (χ0) is 19.4. The van der Waals surface area contributed by atoms with Crippen LogP contribution < -0.4 is 10.6 Å². The molecule has 0 aliphatic rings. The van der Waals surface area contributed by atoms with Crippen molar-refractivity contribution in [1.82, 2.24) is 19.6 Å². The second-order valence-corrected chi connectivity index (χ2v) is 6.42. The molecule has 3 aromatic rings. The third-order valence-electron chi connectivity index (χ3n) is 3.94. The van der Waals surface area contributed by atoms with E-state index in [-0.39, 0.29) is 18.2 Å². The van der Waals surface area contributed by atoms with Gasteiger partial charge in [0.1, 0.15) is 0 Å². The number of hydrogen-bond acceptors (Lipinski definition) is 4. The Morgan fingerprint density at radius 3 is 2.56 bits per heavy atom. The van der Waals surface area contributed by atoms with E-state index in [0.717, 1.165) is 5.69 Å². The number of nitrogens with one attached hydrogen (secondary N) is 2. The molecule has 0 fully saturated rings. The molecule has 0 aliphatic heterocycles. The van der Waals surface area contributed by atoms with E-state index in [1.807, 2.05) is 6.92 Å². The summed E-state index contributed by atoms with van der Waals surface area (Å²) in [4.78, 5) is 24.3. The van der Waals surface area contributed by atoms with Gasteiger partial charge >= 0.3 is 0 Å². The second kappa shape index (κ2) is 8.05. The van der Waals surface area contributed by atoms with Crippen molar-refractivity contribution in [2.45, 2.75) is 19.9 Å². The van der Waals surface area contributed by atoms with Crippen LogP contribution in [-0.4, -0.2) is 31.4 Å². The van der Waals surface area contributed by atoms with E-state index < -0.39 is 0 Å². The number of carbonyl (C=O) groups is 2. The first-order valence-electron chi connectivity index (χ1n) is 8.31. The Bertz CT molecular complexity index is 978. The maximum Gasteiger partial charge on any atom is 0.276 e. The molecule has 9 heteroatoms. The summed E-state index contributed by atoms with van der Waals surface area (Å²) in [6, 6.07) is 8.57. The number of rotatable bonds is 6. The summed E-state index contributed by atoms with van der Waals surface area (Å²) >= 11 is 5.95. The van der Waals surface area contributed by atoms with E-state index in [1.165, 1.54) is 0 Å². The summed E-state index contributed by atoms with van der Waals surface area (Å²) in [5.74, 6) is -0.473. The zero-order valence-corrected chi connectivity index (χ0v) is 15.7. The third kappa shape index (κ3) is 4.73. The Balaban J connectivity index is 1.57. The van der Waals surface area contributed by atoms with Gasteiger partial charge in [0.2, 0.25) is 5.91 Å². The van der Waals surface area contributed by atoms with Gasteiger partial charge in [-0.2, -0.15) is 10.2 Å². The van der Waals surface area contributed by atoms with Crippen LogP contribution in [0.4, 0.5) is 11.4 Å². The molecular formula is C18H19ClN6O2. The largest absolute Gasteiger partial charge is 0.326 e. The Labute approximate surface area is 161 Å². The molecule has 27 heavy (non-hydrogen) atoms. The molecule has 2 aromatic heterocycles. The first kappa shape index (κ1) is 18.7. The van der Waals surface area contributed by atoms with E-state index in [0.29, 0.717) is 28.6 Å². The second-order valence-electron chi connectivity index (χ2n) is 6.01. The predicted molar refractivity (Wildman–Crippen MR) is 103 cm³/mol. The van der Waals surface area contributed by atoms with Crippen LogP contribution >= 0.6 is 11.6 Å². The third-order valence-corrected chi connectivity index (χ3v) is 4.32. The SMILES string of the molecule is Cc1c(Cl)cnn1CCC(=O)Nc1cccc(NC(=O)c2ccn(C)n2)c1. The maximum atomic E-state index is 12.2. The number of nitrogens with zero attached hydrogens (tertiary/aromatic N) is 4. The number of aromatic nitrogens is 4. The lowest BCUT2D eigenvalue weighted by atomic mass is 10.2. The number of benzene rings is 1.